The van der Waals surface area contributed by atoms with Crippen molar-refractivity contribution < 1.29 is 4.79 Å². The SMILES string of the molecule is CC1CN(C(=O)c2ccc(C(C)(C)C)cc2)C(C)(C)CN1. The summed E-state index contributed by atoms with van der Waals surface area (Å²) < 4.78 is 0. The molecule has 2 rings (SSSR count). The first-order chi connectivity index (χ1) is 9.61. The monoisotopic (exact) mass is 288 g/mol. The van der Waals surface area contributed by atoms with Crippen LogP contribution in [0.5, 0.6) is 0 Å². The van der Waals surface area contributed by atoms with E-state index < -0.39 is 0 Å². The van der Waals surface area contributed by atoms with E-state index in [-0.39, 0.29) is 16.9 Å². The molecule has 1 atom stereocenters. The molecule has 116 valence electrons. The van der Waals surface area contributed by atoms with Gasteiger partial charge in [-0.25, -0.2) is 0 Å². The molecule has 3 nitrogen and oxygen atoms in total. The smallest absolute Gasteiger partial charge is 0.254 e. The van der Waals surface area contributed by atoms with Gasteiger partial charge in [0.25, 0.3) is 5.91 Å². The Morgan fingerprint density at radius 1 is 1.24 bits per heavy atom. The van der Waals surface area contributed by atoms with Crippen LogP contribution in [0.1, 0.15) is 57.5 Å². The molecular formula is C18H28N2O. The summed E-state index contributed by atoms with van der Waals surface area (Å²) in [6.07, 6.45) is 0. The van der Waals surface area contributed by atoms with Crippen LogP contribution in [0.2, 0.25) is 0 Å². The number of hydrogen-bond acceptors (Lipinski definition) is 2. The predicted octanol–water partition coefficient (Wildman–Crippen LogP) is 3.20. The average Bonchev–Trinajstić information content (AvgIpc) is 2.40. The molecule has 1 aliphatic rings. The number of nitrogens with one attached hydrogen (secondary N) is 1. The summed E-state index contributed by atoms with van der Waals surface area (Å²) in [7, 11) is 0. The fourth-order valence-electron chi connectivity index (χ4n) is 2.73. The molecule has 1 amide bonds. The zero-order chi connectivity index (χ0) is 15.8. The second kappa shape index (κ2) is 5.45. The number of amides is 1. The van der Waals surface area contributed by atoms with Crippen molar-refractivity contribution in [2.24, 2.45) is 0 Å². The normalized spacial score (nSPS) is 22.2. The van der Waals surface area contributed by atoms with E-state index in [1.807, 2.05) is 17.0 Å². The van der Waals surface area contributed by atoms with Crippen molar-refractivity contribution >= 4 is 5.91 Å². The van der Waals surface area contributed by atoms with Gasteiger partial charge in [0.15, 0.2) is 0 Å². The lowest BCUT2D eigenvalue weighted by Crippen LogP contribution is -2.62. The molecule has 1 unspecified atom stereocenters. The van der Waals surface area contributed by atoms with Gasteiger partial charge in [0.1, 0.15) is 0 Å². The van der Waals surface area contributed by atoms with Gasteiger partial charge >= 0.3 is 0 Å². The maximum absolute atomic E-state index is 12.8. The van der Waals surface area contributed by atoms with Crippen LogP contribution >= 0.6 is 0 Å². The molecule has 1 saturated heterocycles. The van der Waals surface area contributed by atoms with Gasteiger partial charge in [-0.15, -0.1) is 0 Å². The second-order valence-electron chi connectivity index (χ2n) is 7.84. The minimum atomic E-state index is -0.147. The summed E-state index contributed by atoms with van der Waals surface area (Å²) in [4.78, 5) is 14.8. The van der Waals surface area contributed by atoms with Gasteiger partial charge in [-0.2, -0.15) is 0 Å². The quantitative estimate of drug-likeness (QED) is 0.860. The number of rotatable bonds is 1. The summed E-state index contributed by atoms with van der Waals surface area (Å²) in [5.41, 5.74) is 2.01. The summed E-state index contributed by atoms with van der Waals surface area (Å²) in [5, 5.41) is 3.44. The standard InChI is InChI=1S/C18H28N2O/c1-13-11-20(18(5,6)12-19-13)16(21)14-7-9-15(10-8-14)17(2,3)4/h7-10,13,19H,11-12H2,1-6H3. The molecule has 1 fully saturated rings. The minimum Gasteiger partial charge on any atom is -0.331 e. The van der Waals surface area contributed by atoms with Crippen LogP contribution in [0, 0.1) is 0 Å². The van der Waals surface area contributed by atoms with Crippen LogP contribution in [0.4, 0.5) is 0 Å². The molecule has 1 aromatic carbocycles. The van der Waals surface area contributed by atoms with E-state index in [9.17, 15) is 4.79 Å². The Morgan fingerprint density at radius 3 is 2.33 bits per heavy atom. The third-order valence-electron chi connectivity index (χ3n) is 4.31. The number of carbonyl (C=O) groups excluding carboxylic acids is 1. The van der Waals surface area contributed by atoms with E-state index in [1.165, 1.54) is 5.56 Å². The number of piperazine rings is 1. The summed E-state index contributed by atoms with van der Waals surface area (Å²) in [6.45, 7) is 14.5. The molecule has 3 heteroatoms. The Kier molecular flexibility index (Phi) is 4.16. The van der Waals surface area contributed by atoms with Crippen molar-refractivity contribution in [2.45, 2.75) is 58.5 Å². The maximum Gasteiger partial charge on any atom is 0.254 e. The third kappa shape index (κ3) is 3.46. The number of benzene rings is 1. The van der Waals surface area contributed by atoms with Crippen molar-refractivity contribution in [1.29, 1.82) is 0 Å². The number of carbonyl (C=O) groups is 1. The molecule has 0 saturated carbocycles. The highest BCUT2D eigenvalue weighted by atomic mass is 16.2. The van der Waals surface area contributed by atoms with E-state index in [1.54, 1.807) is 0 Å². The molecule has 0 radical (unpaired) electrons. The molecule has 0 aromatic heterocycles. The van der Waals surface area contributed by atoms with Gasteiger partial charge in [-0.05, 0) is 43.9 Å². The number of hydrogen-bond donors (Lipinski definition) is 1. The lowest BCUT2D eigenvalue weighted by molar-refractivity contribution is 0.0411. The highest BCUT2D eigenvalue weighted by molar-refractivity contribution is 5.95. The van der Waals surface area contributed by atoms with Gasteiger partial charge < -0.3 is 10.2 Å². The molecule has 1 aliphatic heterocycles. The van der Waals surface area contributed by atoms with E-state index in [4.69, 9.17) is 0 Å². The lowest BCUT2D eigenvalue weighted by atomic mass is 9.86. The van der Waals surface area contributed by atoms with Crippen molar-refractivity contribution in [3.63, 3.8) is 0 Å². The van der Waals surface area contributed by atoms with Gasteiger partial charge in [0, 0.05) is 24.7 Å². The van der Waals surface area contributed by atoms with Crippen molar-refractivity contribution in [1.82, 2.24) is 10.2 Å². The Morgan fingerprint density at radius 2 is 1.81 bits per heavy atom. The molecule has 1 heterocycles. The van der Waals surface area contributed by atoms with Gasteiger partial charge in [-0.1, -0.05) is 32.9 Å². The van der Waals surface area contributed by atoms with Gasteiger partial charge in [-0.3, -0.25) is 4.79 Å². The first-order valence-electron chi connectivity index (χ1n) is 7.77. The molecule has 0 spiro atoms. The van der Waals surface area contributed by atoms with Crippen LogP contribution in [0.15, 0.2) is 24.3 Å². The first-order valence-corrected chi connectivity index (χ1v) is 7.77. The Labute approximate surface area is 128 Å². The number of nitrogens with zero attached hydrogens (tertiary/aromatic N) is 1. The summed E-state index contributed by atoms with van der Waals surface area (Å²) in [6, 6.07) is 8.42. The van der Waals surface area contributed by atoms with Crippen LogP contribution in [0.25, 0.3) is 0 Å². The highest BCUT2D eigenvalue weighted by Gasteiger charge is 2.36. The second-order valence-corrected chi connectivity index (χ2v) is 7.84. The van der Waals surface area contributed by atoms with Crippen molar-refractivity contribution in [2.75, 3.05) is 13.1 Å². The largest absolute Gasteiger partial charge is 0.331 e. The average molecular weight is 288 g/mol. The van der Waals surface area contributed by atoms with Crippen LogP contribution in [0.3, 0.4) is 0 Å². The molecular weight excluding hydrogens is 260 g/mol. The zero-order valence-electron chi connectivity index (χ0n) is 14.2. The minimum absolute atomic E-state index is 0.115. The maximum atomic E-state index is 12.8. The van der Waals surface area contributed by atoms with Crippen LogP contribution in [-0.2, 0) is 5.41 Å². The first kappa shape index (κ1) is 16.0. The topological polar surface area (TPSA) is 32.3 Å². The molecule has 1 aromatic rings. The molecule has 0 aliphatic carbocycles. The Balaban J connectivity index is 2.23. The molecule has 1 N–H and O–H groups in total. The summed E-state index contributed by atoms with van der Waals surface area (Å²) >= 11 is 0. The lowest BCUT2D eigenvalue weighted by Gasteiger charge is -2.45. The van der Waals surface area contributed by atoms with Crippen molar-refractivity contribution in [3.8, 4) is 0 Å². The van der Waals surface area contributed by atoms with E-state index in [0.717, 1.165) is 18.7 Å². The van der Waals surface area contributed by atoms with Crippen molar-refractivity contribution in [3.05, 3.63) is 35.4 Å². The summed E-state index contributed by atoms with van der Waals surface area (Å²) in [5.74, 6) is 0.133. The van der Waals surface area contributed by atoms with E-state index in [2.05, 4.69) is 59.0 Å². The van der Waals surface area contributed by atoms with Gasteiger partial charge in [0.05, 0.1) is 5.54 Å². The fourth-order valence-corrected chi connectivity index (χ4v) is 2.73. The van der Waals surface area contributed by atoms with Gasteiger partial charge in [0.2, 0.25) is 0 Å². The zero-order valence-corrected chi connectivity index (χ0v) is 14.2. The van der Waals surface area contributed by atoms with Crippen LogP contribution < -0.4 is 5.32 Å². The van der Waals surface area contributed by atoms with Crippen LogP contribution in [-0.4, -0.2) is 35.5 Å². The fraction of sp³-hybridized carbons (Fsp3) is 0.611. The predicted molar refractivity (Wildman–Crippen MR) is 87.7 cm³/mol. The Bertz CT molecular complexity index is 511. The Hall–Kier alpha value is -1.35. The highest BCUT2D eigenvalue weighted by Crippen LogP contribution is 2.25. The molecule has 21 heavy (non-hydrogen) atoms. The van der Waals surface area contributed by atoms with E-state index >= 15 is 0 Å². The third-order valence-corrected chi connectivity index (χ3v) is 4.31. The van der Waals surface area contributed by atoms with E-state index in [0.29, 0.717) is 6.04 Å². The molecule has 0 bridgehead atoms.